The van der Waals surface area contributed by atoms with Crippen molar-refractivity contribution in [1.82, 2.24) is 15.5 Å². The predicted octanol–water partition coefficient (Wildman–Crippen LogP) is 0.242. The van der Waals surface area contributed by atoms with Crippen LogP contribution in [-0.4, -0.2) is 68.4 Å². The van der Waals surface area contributed by atoms with E-state index >= 15 is 0 Å². The summed E-state index contributed by atoms with van der Waals surface area (Å²) in [7, 11) is -1.49. The van der Waals surface area contributed by atoms with Crippen LogP contribution >= 0.6 is 0 Å². The Bertz CT molecular complexity index is 884. The van der Waals surface area contributed by atoms with Crippen LogP contribution in [0.25, 0.3) is 0 Å². The number of imide groups is 1. The molecule has 2 atom stereocenters. The predicted molar refractivity (Wildman–Crippen MR) is 105 cm³/mol. The molecule has 0 spiro atoms. The van der Waals surface area contributed by atoms with Crippen molar-refractivity contribution in [2.45, 2.75) is 37.8 Å². The minimum Gasteiger partial charge on any atom is -0.497 e. The number of rotatable bonds is 8. The van der Waals surface area contributed by atoms with Gasteiger partial charge < -0.3 is 15.4 Å². The minimum absolute atomic E-state index is 0.0412. The molecule has 0 aromatic heterocycles. The van der Waals surface area contributed by atoms with Gasteiger partial charge in [0.25, 0.3) is 5.91 Å². The summed E-state index contributed by atoms with van der Waals surface area (Å²) in [4.78, 5) is 37.8. The molecule has 2 N–H and O–H groups in total. The van der Waals surface area contributed by atoms with E-state index in [1.54, 1.807) is 7.11 Å². The van der Waals surface area contributed by atoms with E-state index in [0.29, 0.717) is 12.8 Å². The molecule has 0 radical (unpaired) electrons. The van der Waals surface area contributed by atoms with Gasteiger partial charge in [0, 0.05) is 19.0 Å². The summed E-state index contributed by atoms with van der Waals surface area (Å²) in [6, 6.07) is 5.82. The quantitative estimate of drug-likeness (QED) is 0.578. The number of hydrogen-bond acceptors (Lipinski definition) is 6. The van der Waals surface area contributed by atoms with Crippen LogP contribution in [0.1, 0.15) is 24.8 Å². The molecule has 0 aliphatic carbocycles. The molecule has 9 nitrogen and oxygen atoms in total. The van der Waals surface area contributed by atoms with Gasteiger partial charge in [-0.15, -0.1) is 0 Å². The highest BCUT2D eigenvalue weighted by molar-refractivity contribution is 7.91. The molecule has 0 saturated carbocycles. The summed E-state index contributed by atoms with van der Waals surface area (Å²) < 4.78 is 28.0. The van der Waals surface area contributed by atoms with Crippen LogP contribution < -0.4 is 15.4 Å². The van der Waals surface area contributed by atoms with Crippen LogP contribution in [-0.2, 0) is 25.8 Å². The van der Waals surface area contributed by atoms with Crippen molar-refractivity contribution in [3.8, 4) is 5.75 Å². The largest absolute Gasteiger partial charge is 0.497 e. The van der Waals surface area contributed by atoms with Crippen LogP contribution in [0.4, 0.5) is 4.79 Å². The monoisotopic (exact) mass is 423 g/mol. The van der Waals surface area contributed by atoms with Crippen LogP contribution in [0.3, 0.4) is 0 Å². The topological polar surface area (TPSA) is 122 Å². The van der Waals surface area contributed by atoms with Gasteiger partial charge in [-0.3, -0.25) is 14.5 Å². The molecule has 1 unspecified atom stereocenters. The zero-order valence-electron chi connectivity index (χ0n) is 16.2. The van der Waals surface area contributed by atoms with Crippen LogP contribution in [0.15, 0.2) is 24.3 Å². The van der Waals surface area contributed by atoms with Gasteiger partial charge in [0.1, 0.15) is 11.8 Å². The molecule has 2 aliphatic rings. The summed E-state index contributed by atoms with van der Waals surface area (Å²) in [5.41, 5.74) is 0.973. The molecule has 3 rings (SSSR count). The standard InChI is InChI=1S/C19H25N3O6S/c1-28-15-4-2-13(3-5-15)8-10-22-18(24)16(21-19(22)25)6-7-17(23)20-14-9-11-29(26,27)12-14/h2-5,14,16H,6-12H2,1H3,(H,20,23)(H,21,25)/t14?,16-/m0/s1. The van der Waals surface area contributed by atoms with E-state index in [4.69, 9.17) is 4.74 Å². The second-order valence-electron chi connectivity index (χ2n) is 7.30. The van der Waals surface area contributed by atoms with Crippen LogP contribution in [0.5, 0.6) is 5.75 Å². The number of methoxy groups -OCH3 is 1. The van der Waals surface area contributed by atoms with Crippen molar-refractivity contribution in [3.63, 3.8) is 0 Å². The highest BCUT2D eigenvalue weighted by Gasteiger charge is 2.37. The first-order valence-corrected chi connectivity index (χ1v) is 11.3. The van der Waals surface area contributed by atoms with E-state index in [1.165, 1.54) is 0 Å². The number of carbonyl (C=O) groups is 3. The molecule has 29 heavy (non-hydrogen) atoms. The lowest BCUT2D eigenvalue weighted by Crippen LogP contribution is -2.37. The summed E-state index contributed by atoms with van der Waals surface area (Å²) >= 11 is 0. The average Bonchev–Trinajstić information content (AvgIpc) is 3.16. The molecule has 0 bridgehead atoms. The van der Waals surface area contributed by atoms with Gasteiger partial charge in [0.05, 0.1) is 18.6 Å². The number of urea groups is 1. The molecule has 158 valence electrons. The second-order valence-corrected chi connectivity index (χ2v) is 9.52. The van der Waals surface area contributed by atoms with E-state index < -0.39 is 21.9 Å². The maximum absolute atomic E-state index is 12.5. The zero-order valence-corrected chi connectivity index (χ0v) is 17.0. The number of sulfone groups is 1. The lowest BCUT2D eigenvalue weighted by atomic mass is 10.1. The minimum atomic E-state index is -3.07. The Morgan fingerprint density at radius 3 is 2.62 bits per heavy atom. The highest BCUT2D eigenvalue weighted by atomic mass is 32.2. The van der Waals surface area contributed by atoms with Crippen molar-refractivity contribution in [2.24, 2.45) is 0 Å². The van der Waals surface area contributed by atoms with Crippen LogP contribution in [0.2, 0.25) is 0 Å². The van der Waals surface area contributed by atoms with Crippen molar-refractivity contribution in [1.29, 1.82) is 0 Å². The van der Waals surface area contributed by atoms with Crippen molar-refractivity contribution < 1.29 is 27.5 Å². The number of benzene rings is 1. The van der Waals surface area contributed by atoms with Crippen LogP contribution in [0, 0.1) is 0 Å². The van der Waals surface area contributed by atoms with E-state index in [0.717, 1.165) is 16.2 Å². The molecular weight excluding hydrogens is 398 g/mol. The SMILES string of the molecule is COc1ccc(CCN2C(=O)N[C@@H](CCC(=O)NC3CCS(=O)(=O)C3)C2=O)cc1. The fourth-order valence-electron chi connectivity index (χ4n) is 3.50. The normalized spacial score (nSPS) is 23.1. The van der Waals surface area contributed by atoms with E-state index in [-0.39, 0.29) is 48.7 Å². The maximum atomic E-state index is 12.5. The molecule has 1 aromatic rings. The van der Waals surface area contributed by atoms with Gasteiger partial charge in [0.15, 0.2) is 9.84 Å². The first-order valence-electron chi connectivity index (χ1n) is 9.52. The fraction of sp³-hybridized carbons (Fsp3) is 0.526. The molecule has 2 heterocycles. The van der Waals surface area contributed by atoms with Crippen molar-refractivity contribution in [3.05, 3.63) is 29.8 Å². The van der Waals surface area contributed by atoms with Gasteiger partial charge in [0.2, 0.25) is 5.91 Å². The Morgan fingerprint density at radius 2 is 2.00 bits per heavy atom. The third-order valence-corrected chi connectivity index (χ3v) is 6.92. The van der Waals surface area contributed by atoms with Gasteiger partial charge >= 0.3 is 6.03 Å². The second kappa shape index (κ2) is 8.81. The molecule has 10 heteroatoms. The number of nitrogens with one attached hydrogen (secondary N) is 2. The summed E-state index contributed by atoms with van der Waals surface area (Å²) in [6.45, 7) is 0.250. The Hall–Kier alpha value is -2.62. The molecule has 4 amide bonds. The van der Waals surface area contributed by atoms with E-state index in [9.17, 15) is 22.8 Å². The third-order valence-electron chi connectivity index (χ3n) is 5.15. The molecule has 2 saturated heterocycles. The molecular formula is C19H25N3O6S. The molecule has 2 fully saturated rings. The average molecular weight is 423 g/mol. The molecule has 1 aromatic carbocycles. The van der Waals surface area contributed by atoms with Gasteiger partial charge in [-0.2, -0.15) is 0 Å². The first-order chi connectivity index (χ1) is 13.8. The van der Waals surface area contributed by atoms with E-state index in [1.807, 2.05) is 24.3 Å². The number of carbonyl (C=O) groups excluding carboxylic acids is 3. The summed E-state index contributed by atoms with van der Waals surface area (Å²) in [5, 5.41) is 5.30. The molecule has 2 aliphatic heterocycles. The Morgan fingerprint density at radius 1 is 1.28 bits per heavy atom. The number of ether oxygens (including phenoxy) is 1. The lowest BCUT2D eigenvalue weighted by molar-refractivity contribution is -0.127. The van der Waals surface area contributed by atoms with Gasteiger partial charge in [-0.05, 0) is 37.0 Å². The summed E-state index contributed by atoms with van der Waals surface area (Å²) in [5.74, 6) is 0.109. The first kappa shape index (κ1) is 21.1. The Kier molecular flexibility index (Phi) is 6.41. The number of nitrogens with zero attached hydrogens (tertiary/aromatic N) is 1. The number of hydrogen-bond donors (Lipinski definition) is 2. The lowest BCUT2D eigenvalue weighted by Gasteiger charge is -2.14. The Labute approximate surface area is 169 Å². The Balaban J connectivity index is 1.45. The fourth-order valence-corrected chi connectivity index (χ4v) is 5.17. The maximum Gasteiger partial charge on any atom is 0.324 e. The third kappa shape index (κ3) is 5.47. The zero-order chi connectivity index (χ0) is 21.0. The summed E-state index contributed by atoms with van der Waals surface area (Å²) in [6.07, 6.45) is 1.15. The van der Waals surface area contributed by atoms with Gasteiger partial charge in [-0.25, -0.2) is 13.2 Å². The smallest absolute Gasteiger partial charge is 0.324 e. The van der Waals surface area contributed by atoms with Crippen molar-refractivity contribution >= 4 is 27.7 Å². The van der Waals surface area contributed by atoms with Crippen molar-refractivity contribution in [2.75, 3.05) is 25.2 Å². The van der Waals surface area contributed by atoms with Gasteiger partial charge in [-0.1, -0.05) is 12.1 Å². The van der Waals surface area contributed by atoms with E-state index in [2.05, 4.69) is 10.6 Å². The highest BCUT2D eigenvalue weighted by Crippen LogP contribution is 2.16. The number of amides is 4.